The van der Waals surface area contributed by atoms with Gasteiger partial charge >= 0.3 is 0 Å². The van der Waals surface area contributed by atoms with Crippen LogP contribution in [0.4, 0.5) is 0 Å². The second kappa shape index (κ2) is 34.8. The van der Waals surface area contributed by atoms with Crippen molar-refractivity contribution in [2.45, 2.75) is 263 Å². The maximum absolute atomic E-state index is 5.36. The number of aryl methyl sites for hydroxylation is 2. The molecule has 0 bridgehead atoms. The molecule has 0 amide bonds. The van der Waals surface area contributed by atoms with Gasteiger partial charge in [0.25, 0.3) is 0 Å². The van der Waals surface area contributed by atoms with Gasteiger partial charge in [0, 0.05) is 160 Å². The predicted molar refractivity (Wildman–Crippen MR) is 501 cm³/mol. The Morgan fingerprint density at radius 2 is 0.653 bits per heavy atom. The minimum absolute atomic E-state index is 0. The summed E-state index contributed by atoms with van der Waals surface area (Å²) in [5, 5.41) is 3.91. The molecule has 18 rings (SSSR count). The summed E-state index contributed by atoms with van der Waals surface area (Å²) < 4.78 is 8.59. The van der Waals surface area contributed by atoms with Crippen LogP contribution in [0.15, 0.2) is 159 Å². The molecular formula is C106H118Ir4N14-4. The van der Waals surface area contributed by atoms with Gasteiger partial charge < -0.3 is 23.2 Å². The van der Waals surface area contributed by atoms with Crippen LogP contribution in [0.2, 0.25) is 0 Å². The van der Waals surface area contributed by atoms with Crippen LogP contribution in [0.25, 0.3) is 133 Å². The molecule has 18 aromatic rings. The molecule has 0 N–H and O–H groups in total. The molecular weight excluding hydrogens is 2240 g/mol. The van der Waals surface area contributed by atoms with Crippen molar-refractivity contribution in [3.63, 3.8) is 0 Å². The fourth-order valence-electron chi connectivity index (χ4n) is 16.2. The molecule has 0 spiro atoms. The van der Waals surface area contributed by atoms with E-state index in [2.05, 4.69) is 376 Å². The molecule has 6 aromatic carbocycles. The predicted octanol–water partition coefficient (Wildman–Crippen LogP) is 26.7. The van der Waals surface area contributed by atoms with Crippen molar-refractivity contribution in [3.8, 4) is 22.5 Å². The van der Waals surface area contributed by atoms with Crippen molar-refractivity contribution >= 4 is 110 Å². The number of hydrogen-bond acceptors (Lipinski definition) is 10. The third kappa shape index (κ3) is 18.3. The van der Waals surface area contributed by atoms with Crippen LogP contribution >= 0.6 is 0 Å². The third-order valence-electron chi connectivity index (χ3n) is 23.3. The molecule has 12 aromatic heterocycles. The Kier molecular flexibility index (Phi) is 26.9. The molecule has 0 unspecified atom stereocenters. The van der Waals surface area contributed by atoms with Crippen LogP contribution in [-0.4, -0.2) is 67.4 Å². The second-order valence-corrected chi connectivity index (χ2v) is 41.9. The molecule has 652 valence electrons. The Morgan fingerprint density at radius 3 is 1.02 bits per heavy atom. The molecule has 4 radical (unpaired) electrons. The number of imidazole rings is 4. The first-order chi connectivity index (χ1) is 56.0. The van der Waals surface area contributed by atoms with Crippen molar-refractivity contribution < 1.29 is 80.4 Å². The number of aromatic nitrogens is 14. The largest absolute Gasteiger partial charge is 0.307 e. The van der Waals surface area contributed by atoms with Crippen molar-refractivity contribution in [3.05, 3.63) is 250 Å². The van der Waals surface area contributed by atoms with Crippen LogP contribution in [0.5, 0.6) is 0 Å². The Balaban J connectivity index is 0.000000159. The number of hydrogen-bond donors (Lipinski definition) is 0. The molecule has 0 saturated heterocycles. The van der Waals surface area contributed by atoms with Gasteiger partial charge in [-0.25, -0.2) is 4.98 Å². The SMILES string of the molecule is CC(C)(C)c1c[c-]c2c(c1)nc(C(C)(C)C)c1c2nc2cc(C(C)(C)C)ncn21.CC(C)(C)c1c[c-]c2c(c1)nc(C(C)(C)C)c1c2nc2cnc(C(C)(C)C)cn21.CC(C)c1cccc(C(C)C)c1-c1nc2cc(C(C)(C)C)c[c-]c2c2nc3ccccn3c12.Cc1cccc(C)c1-c1nc2cc(C(C)(C)C)c[c-]c2c2nc3ccccn3c12.[Ir].[Ir].[Ir].[Ir]. The van der Waals surface area contributed by atoms with E-state index in [1.807, 2.05) is 36.8 Å². The summed E-state index contributed by atoms with van der Waals surface area (Å²) in [6.07, 6.45) is 10.1. The number of rotatable bonds is 4. The molecule has 124 heavy (non-hydrogen) atoms. The summed E-state index contributed by atoms with van der Waals surface area (Å²) in [5.41, 5.74) is 34.0. The van der Waals surface area contributed by atoms with Crippen molar-refractivity contribution in [2.24, 2.45) is 0 Å². The molecule has 0 aliphatic carbocycles. The fourth-order valence-corrected chi connectivity index (χ4v) is 16.2. The summed E-state index contributed by atoms with van der Waals surface area (Å²) in [6, 6.07) is 58.7. The maximum Gasteiger partial charge on any atom is 0.146 e. The zero-order valence-corrected chi connectivity index (χ0v) is 87.3. The van der Waals surface area contributed by atoms with E-state index in [1.165, 1.54) is 55.6 Å². The Labute approximate surface area is 786 Å². The average molecular weight is 2360 g/mol. The van der Waals surface area contributed by atoms with Gasteiger partial charge in [-0.2, -0.15) is 0 Å². The molecule has 18 heteroatoms. The average Bonchev–Trinajstić information content (AvgIpc) is 1.52. The van der Waals surface area contributed by atoms with Crippen molar-refractivity contribution in [1.82, 2.24) is 67.4 Å². The van der Waals surface area contributed by atoms with Crippen molar-refractivity contribution in [2.75, 3.05) is 0 Å². The van der Waals surface area contributed by atoms with E-state index in [1.54, 1.807) is 0 Å². The second-order valence-electron chi connectivity index (χ2n) is 41.9. The zero-order valence-electron chi connectivity index (χ0n) is 77.8. The van der Waals surface area contributed by atoms with E-state index < -0.39 is 0 Å². The fraction of sp³-hybridized carbons (Fsp3) is 0.377. The molecule has 12 heterocycles. The smallest absolute Gasteiger partial charge is 0.146 e. The first-order valence-electron chi connectivity index (χ1n) is 42.6. The van der Waals surface area contributed by atoms with Gasteiger partial charge in [-0.05, 0) is 116 Å². The normalized spacial score (nSPS) is 12.6. The molecule has 14 nitrogen and oxygen atoms in total. The molecule has 0 atom stereocenters. The Hall–Kier alpha value is -8.78. The van der Waals surface area contributed by atoms with Gasteiger partial charge in [-0.1, -0.05) is 264 Å². The van der Waals surface area contributed by atoms with E-state index in [4.69, 9.17) is 44.9 Å². The van der Waals surface area contributed by atoms with E-state index in [9.17, 15) is 0 Å². The van der Waals surface area contributed by atoms with Crippen LogP contribution in [0.1, 0.15) is 273 Å². The summed E-state index contributed by atoms with van der Waals surface area (Å²) in [6.45, 7) is 66.3. The Bertz CT molecular complexity index is 7000. The van der Waals surface area contributed by atoms with Gasteiger partial charge in [0.15, 0.2) is 0 Å². The van der Waals surface area contributed by atoms with Crippen molar-refractivity contribution in [1.29, 1.82) is 0 Å². The molecule has 0 aliphatic rings. The van der Waals surface area contributed by atoms with E-state index in [0.29, 0.717) is 11.8 Å². The number of benzene rings is 6. The topological polar surface area (TPSA) is 147 Å². The van der Waals surface area contributed by atoms with Crippen LogP contribution in [0.3, 0.4) is 0 Å². The first-order valence-corrected chi connectivity index (χ1v) is 42.6. The van der Waals surface area contributed by atoms with Gasteiger partial charge in [0.05, 0.1) is 62.4 Å². The molecule has 0 aliphatic heterocycles. The number of pyridine rings is 6. The number of nitrogens with zero attached hydrogens (tertiary/aromatic N) is 14. The third-order valence-corrected chi connectivity index (χ3v) is 23.3. The minimum atomic E-state index is -0.122. The quantitative estimate of drug-likeness (QED) is 0.156. The van der Waals surface area contributed by atoms with E-state index >= 15 is 0 Å². The standard InChI is InChI=1S/C30H32N3.C26H24N3.2C25H31N4.4Ir/c1-18(2)21-11-10-12-22(19(3)4)26(21)28-29-27(32-25-13-8-9-16-33(25)29)23-15-14-20(30(5,6)7)17-24(23)31-28;1-16-9-8-10-17(2)22(16)24-25-23(28-21-11-6-7-14-29(21)25)19-13-12-18(26(3,4)5)15-20(19)27-24;1-23(2,3)15-10-11-16-17(12-15)27-22(25(7,8)9)21-20(16)28-19-13-26-18(14-29(19)21)24(4,5)6;1-23(2,3)15-10-11-16-17(12-15)27-22(25(7,8)9)21-20(16)28-19-13-18(24(4,5)6)26-14-29(19)21;;;;/h8-14,16-19H,1-7H3;6-12,14-15H,1-5H3;2*10,12-14H,1-9H3;;;;/q4*-1;;;;. The van der Waals surface area contributed by atoms with E-state index in [-0.39, 0.29) is 124 Å². The summed E-state index contributed by atoms with van der Waals surface area (Å²) >= 11 is 0. The number of fused-ring (bicyclic) bond motifs is 20. The monoisotopic (exact) mass is 2360 g/mol. The first kappa shape index (κ1) is 95.9. The van der Waals surface area contributed by atoms with Gasteiger partial charge in [-0.15, -0.1) is 95.1 Å². The zero-order chi connectivity index (χ0) is 86.5. The Morgan fingerprint density at radius 1 is 0.306 bits per heavy atom. The van der Waals surface area contributed by atoms with E-state index in [0.717, 1.165) is 144 Å². The van der Waals surface area contributed by atoms with Crippen LogP contribution in [0, 0.1) is 38.1 Å². The molecule has 0 fully saturated rings. The summed E-state index contributed by atoms with van der Waals surface area (Å²) in [4.78, 5) is 50.3. The maximum atomic E-state index is 5.36. The summed E-state index contributed by atoms with van der Waals surface area (Å²) in [5.74, 6) is 0.774. The van der Waals surface area contributed by atoms with Gasteiger partial charge in [0.1, 0.15) is 28.9 Å². The van der Waals surface area contributed by atoms with Crippen LogP contribution < -0.4 is 0 Å². The molecule has 0 saturated carbocycles. The van der Waals surface area contributed by atoms with Crippen LogP contribution in [-0.2, 0) is 124 Å². The summed E-state index contributed by atoms with van der Waals surface area (Å²) in [7, 11) is 0. The van der Waals surface area contributed by atoms with Gasteiger partial charge in [-0.3, -0.25) is 39.3 Å². The minimum Gasteiger partial charge on any atom is -0.307 e. The van der Waals surface area contributed by atoms with Gasteiger partial charge in [0.2, 0.25) is 0 Å².